The summed E-state index contributed by atoms with van der Waals surface area (Å²) in [5.74, 6) is 1.78. The Labute approximate surface area is 188 Å². The second-order valence-corrected chi connectivity index (χ2v) is 7.98. The second kappa shape index (κ2) is 7.40. The fourth-order valence-electron chi connectivity index (χ4n) is 4.29. The molecule has 0 bridgehead atoms. The largest absolute Gasteiger partial charge is 0.497 e. The number of hydrogen-bond acceptors (Lipinski definition) is 6. The van der Waals surface area contributed by atoms with Gasteiger partial charge in [0.15, 0.2) is 17.1 Å². The molecule has 166 valence electrons. The fourth-order valence-corrected chi connectivity index (χ4v) is 4.29. The summed E-state index contributed by atoms with van der Waals surface area (Å²) in [5.41, 5.74) is 3.80. The summed E-state index contributed by atoms with van der Waals surface area (Å²) in [7, 11) is 1.62. The van der Waals surface area contributed by atoms with Crippen LogP contribution in [-0.4, -0.2) is 45.9 Å². The van der Waals surface area contributed by atoms with E-state index in [4.69, 9.17) is 19.2 Å². The minimum absolute atomic E-state index is 0.150. The summed E-state index contributed by atoms with van der Waals surface area (Å²) in [4.78, 5) is 32.8. The molecule has 9 nitrogen and oxygen atoms in total. The average Bonchev–Trinajstić information content (AvgIpc) is 3.50. The molecule has 6 rings (SSSR count). The lowest BCUT2D eigenvalue weighted by molar-refractivity contribution is 0.0732. The minimum atomic E-state index is -0.196. The van der Waals surface area contributed by atoms with Crippen LogP contribution in [0, 0.1) is 0 Å². The molecule has 1 N–H and O–H groups in total. The Bertz CT molecular complexity index is 1450. The van der Waals surface area contributed by atoms with Crippen LogP contribution in [0.1, 0.15) is 21.6 Å². The number of benzene rings is 2. The molecule has 4 aromatic rings. The third-order valence-electron chi connectivity index (χ3n) is 6.07. The van der Waals surface area contributed by atoms with E-state index in [-0.39, 0.29) is 24.8 Å². The van der Waals surface area contributed by atoms with E-state index in [9.17, 15) is 9.59 Å². The molecule has 0 saturated heterocycles. The Balaban J connectivity index is 1.32. The standard InChI is InChI=1S/C24H20N4O5/c1-31-16-5-2-14(3-6-16)19-11-22-25-18-8-9-27(12-17(18)24(30)28(22)26-19)23(29)15-4-7-20-21(10-15)33-13-32-20/h2-7,10-11,26H,8-9,12-13H2,1H3. The zero-order valence-corrected chi connectivity index (χ0v) is 17.8. The Hall–Kier alpha value is -4.27. The SMILES string of the molecule is COc1ccc(-c2cc3nc4c(c(=O)n3[nH]2)CN(C(=O)c2ccc3c(c2)OCO3)CC4)cc1. The number of fused-ring (bicyclic) bond motifs is 3. The number of methoxy groups -OCH3 is 1. The third kappa shape index (κ3) is 3.20. The van der Waals surface area contributed by atoms with Crippen LogP contribution >= 0.6 is 0 Å². The molecule has 4 heterocycles. The van der Waals surface area contributed by atoms with Gasteiger partial charge in [-0.1, -0.05) is 0 Å². The second-order valence-electron chi connectivity index (χ2n) is 7.98. The summed E-state index contributed by atoms with van der Waals surface area (Å²) in [6.45, 7) is 0.837. The number of aromatic nitrogens is 3. The number of nitrogens with one attached hydrogen (secondary N) is 1. The van der Waals surface area contributed by atoms with Gasteiger partial charge in [0.05, 0.1) is 30.6 Å². The molecule has 2 aromatic heterocycles. The maximum atomic E-state index is 13.3. The molecule has 2 aliphatic heterocycles. The first-order valence-electron chi connectivity index (χ1n) is 10.6. The quantitative estimate of drug-likeness (QED) is 0.522. The molecule has 0 saturated carbocycles. The van der Waals surface area contributed by atoms with E-state index in [1.165, 1.54) is 4.52 Å². The number of hydrogen-bond donors (Lipinski definition) is 1. The number of amides is 1. The Morgan fingerprint density at radius 1 is 1.09 bits per heavy atom. The maximum absolute atomic E-state index is 13.3. The Morgan fingerprint density at radius 2 is 1.91 bits per heavy atom. The van der Waals surface area contributed by atoms with Gasteiger partial charge in [0, 0.05) is 24.6 Å². The van der Waals surface area contributed by atoms with Crippen molar-refractivity contribution >= 4 is 11.6 Å². The van der Waals surface area contributed by atoms with Gasteiger partial charge in [-0.3, -0.25) is 14.7 Å². The number of rotatable bonds is 3. The van der Waals surface area contributed by atoms with Crippen LogP contribution < -0.4 is 19.8 Å². The van der Waals surface area contributed by atoms with E-state index >= 15 is 0 Å². The molecule has 33 heavy (non-hydrogen) atoms. The fraction of sp³-hybridized carbons (Fsp3) is 0.208. The van der Waals surface area contributed by atoms with Crippen LogP contribution in [0.5, 0.6) is 17.2 Å². The van der Waals surface area contributed by atoms with Crippen molar-refractivity contribution in [3.63, 3.8) is 0 Å². The van der Waals surface area contributed by atoms with Crippen LogP contribution in [-0.2, 0) is 13.0 Å². The van der Waals surface area contributed by atoms with Crippen LogP contribution in [0.2, 0.25) is 0 Å². The molecular weight excluding hydrogens is 424 g/mol. The van der Waals surface area contributed by atoms with Crippen LogP contribution in [0.3, 0.4) is 0 Å². The lowest BCUT2D eigenvalue weighted by Crippen LogP contribution is -2.40. The van der Waals surface area contributed by atoms with E-state index in [2.05, 4.69) is 5.10 Å². The van der Waals surface area contributed by atoms with Gasteiger partial charge in [0.1, 0.15) is 5.75 Å². The number of H-pyrrole nitrogens is 1. The zero-order chi connectivity index (χ0) is 22.5. The number of carbonyl (C=O) groups excluding carboxylic acids is 1. The number of aromatic amines is 1. The lowest BCUT2D eigenvalue weighted by Gasteiger charge is -2.27. The van der Waals surface area contributed by atoms with Gasteiger partial charge in [0.2, 0.25) is 6.79 Å². The monoisotopic (exact) mass is 444 g/mol. The third-order valence-corrected chi connectivity index (χ3v) is 6.07. The molecule has 9 heteroatoms. The molecule has 2 aliphatic rings. The van der Waals surface area contributed by atoms with Gasteiger partial charge < -0.3 is 19.1 Å². The highest BCUT2D eigenvalue weighted by Crippen LogP contribution is 2.33. The molecule has 0 radical (unpaired) electrons. The van der Waals surface area contributed by atoms with Gasteiger partial charge >= 0.3 is 0 Å². The van der Waals surface area contributed by atoms with Crippen molar-refractivity contribution in [2.45, 2.75) is 13.0 Å². The van der Waals surface area contributed by atoms with E-state index in [0.717, 1.165) is 22.7 Å². The minimum Gasteiger partial charge on any atom is -0.497 e. The van der Waals surface area contributed by atoms with Crippen molar-refractivity contribution in [1.29, 1.82) is 0 Å². The van der Waals surface area contributed by atoms with Crippen LogP contribution in [0.4, 0.5) is 0 Å². The summed E-state index contributed by atoms with van der Waals surface area (Å²) < 4.78 is 17.4. The zero-order valence-electron chi connectivity index (χ0n) is 17.8. The van der Waals surface area contributed by atoms with E-state index in [1.807, 2.05) is 30.3 Å². The molecule has 1 amide bonds. The maximum Gasteiger partial charge on any atom is 0.277 e. The molecule has 0 fully saturated rings. The Morgan fingerprint density at radius 3 is 2.73 bits per heavy atom. The van der Waals surface area contributed by atoms with Crippen LogP contribution in [0.25, 0.3) is 16.9 Å². The van der Waals surface area contributed by atoms with Crippen molar-refractivity contribution in [2.75, 3.05) is 20.4 Å². The smallest absolute Gasteiger partial charge is 0.277 e. The van der Waals surface area contributed by atoms with E-state index < -0.39 is 0 Å². The topological polar surface area (TPSA) is 98.2 Å². The Kier molecular flexibility index (Phi) is 4.36. The average molecular weight is 444 g/mol. The normalized spacial score (nSPS) is 14.4. The highest BCUT2D eigenvalue weighted by molar-refractivity contribution is 5.95. The van der Waals surface area contributed by atoms with Crippen LogP contribution in [0.15, 0.2) is 53.3 Å². The number of ether oxygens (including phenoxy) is 3. The molecule has 0 spiro atoms. The highest BCUT2D eigenvalue weighted by atomic mass is 16.7. The van der Waals surface area contributed by atoms with Gasteiger partial charge in [0.25, 0.3) is 11.5 Å². The van der Waals surface area contributed by atoms with Gasteiger partial charge in [-0.05, 0) is 48.0 Å². The summed E-state index contributed by atoms with van der Waals surface area (Å²) in [5, 5.41) is 3.14. The molecule has 0 atom stereocenters. The summed E-state index contributed by atoms with van der Waals surface area (Å²) in [6, 6.07) is 14.5. The first-order valence-corrected chi connectivity index (χ1v) is 10.6. The molecule has 0 unspecified atom stereocenters. The van der Waals surface area contributed by atoms with Crippen molar-refractivity contribution in [3.05, 3.63) is 75.7 Å². The highest BCUT2D eigenvalue weighted by Gasteiger charge is 2.27. The predicted molar refractivity (Wildman–Crippen MR) is 119 cm³/mol. The summed E-state index contributed by atoms with van der Waals surface area (Å²) >= 11 is 0. The molecule has 0 aliphatic carbocycles. The number of nitrogens with zero attached hydrogens (tertiary/aromatic N) is 3. The lowest BCUT2D eigenvalue weighted by atomic mass is 10.1. The summed E-state index contributed by atoms with van der Waals surface area (Å²) in [6.07, 6.45) is 0.514. The van der Waals surface area contributed by atoms with Crippen molar-refractivity contribution in [3.8, 4) is 28.5 Å². The first-order chi connectivity index (χ1) is 16.1. The van der Waals surface area contributed by atoms with Crippen molar-refractivity contribution in [1.82, 2.24) is 19.5 Å². The predicted octanol–water partition coefficient (Wildman–Crippen LogP) is 2.63. The van der Waals surface area contributed by atoms with E-state index in [0.29, 0.717) is 41.2 Å². The first kappa shape index (κ1) is 19.4. The van der Waals surface area contributed by atoms with Gasteiger partial charge in [-0.25, -0.2) is 9.50 Å². The van der Waals surface area contributed by atoms with Gasteiger partial charge in [-0.15, -0.1) is 0 Å². The number of carbonyl (C=O) groups is 1. The van der Waals surface area contributed by atoms with Crippen molar-refractivity contribution in [2.24, 2.45) is 0 Å². The van der Waals surface area contributed by atoms with E-state index in [1.54, 1.807) is 30.2 Å². The molecule has 2 aromatic carbocycles. The molecular formula is C24H20N4O5. The van der Waals surface area contributed by atoms with Crippen molar-refractivity contribution < 1.29 is 19.0 Å². The van der Waals surface area contributed by atoms with Gasteiger partial charge in [-0.2, -0.15) is 0 Å².